The largest absolute Gasteiger partial charge is 0.497 e. The number of amides is 1. The van der Waals surface area contributed by atoms with Crippen molar-refractivity contribution in [1.82, 2.24) is 5.32 Å². The van der Waals surface area contributed by atoms with Crippen molar-refractivity contribution >= 4 is 17.5 Å². The maximum Gasteiger partial charge on any atom is 0.251 e. The van der Waals surface area contributed by atoms with E-state index in [2.05, 4.69) is 5.32 Å². The van der Waals surface area contributed by atoms with Crippen molar-refractivity contribution in [2.24, 2.45) is 0 Å². The van der Waals surface area contributed by atoms with E-state index in [0.717, 1.165) is 5.56 Å². The summed E-state index contributed by atoms with van der Waals surface area (Å²) in [5.41, 5.74) is 1.40. The first-order chi connectivity index (χ1) is 10.5. The second kappa shape index (κ2) is 7.18. The molecule has 1 atom stereocenters. The molecule has 1 N–H and O–H groups in total. The molecule has 0 radical (unpaired) electrons. The Kier molecular flexibility index (Phi) is 5.28. The van der Waals surface area contributed by atoms with E-state index in [1.54, 1.807) is 38.5 Å². The maximum atomic E-state index is 12.3. The lowest BCUT2D eigenvalue weighted by Gasteiger charge is -2.18. The zero-order valence-electron chi connectivity index (χ0n) is 12.7. The van der Waals surface area contributed by atoms with Gasteiger partial charge in [-0.3, -0.25) is 4.79 Å². The van der Waals surface area contributed by atoms with Gasteiger partial charge in [0, 0.05) is 16.1 Å². The van der Waals surface area contributed by atoms with E-state index in [4.69, 9.17) is 21.1 Å². The van der Waals surface area contributed by atoms with Crippen LogP contribution in [0.25, 0.3) is 0 Å². The first-order valence-corrected chi connectivity index (χ1v) is 7.21. The molecule has 0 bridgehead atoms. The van der Waals surface area contributed by atoms with E-state index in [1.165, 1.54) is 0 Å². The van der Waals surface area contributed by atoms with Gasteiger partial charge in [0.1, 0.15) is 11.5 Å². The number of ether oxygens (including phenoxy) is 2. The van der Waals surface area contributed by atoms with Crippen molar-refractivity contribution in [1.29, 1.82) is 0 Å². The van der Waals surface area contributed by atoms with Gasteiger partial charge >= 0.3 is 0 Å². The summed E-state index contributed by atoms with van der Waals surface area (Å²) in [6.45, 7) is 1.89. The number of carbonyl (C=O) groups is 1. The molecule has 0 spiro atoms. The van der Waals surface area contributed by atoms with Crippen molar-refractivity contribution in [3.05, 3.63) is 58.6 Å². The van der Waals surface area contributed by atoms with Gasteiger partial charge in [0.2, 0.25) is 0 Å². The summed E-state index contributed by atoms with van der Waals surface area (Å²) in [5.74, 6) is 1.24. The van der Waals surface area contributed by atoms with Crippen LogP contribution in [0.3, 0.4) is 0 Å². The molecule has 2 aromatic carbocycles. The smallest absolute Gasteiger partial charge is 0.251 e. The predicted molar refractivity (Wildman–Crippen MR) is 86.9 cm³/mol. The van der Waals surface area contributed by atoms with E-state index in [-0.39, 0.29) is 11.9 Å². The molecule has 5 heteroatoms. The summed E-state index contributed by atoms with van der Waals surface area (Å²) >= 11 is 5.83. The third-order valence-electron chi connectivity index (χ3n) is 3.36. The van der Waals surface area contributed by atoms with E-state index in [0.29, 0.717) is 22.1 Å². The zero-order valence-corrected chi connectivity index (χ0v) is 13.5. The van der Waals surface area contributed by atoms with Gasteiger partial charge in [-0.05, 0) is 49.4 Å². The third-order valence-corrected chi connectivity index (χ3v) is 3.61. The highest BCUT2D eigenvalue weighted by atomic mass is 35.5. The molecule has 22 heavy (non-hydrogen) atoms. The quantitative estimate of drug-likeness (QED) is 0.910. The monoisotopic (exact) mass is 319 g/mol. The fraction of sp³-hybridized carbons (Fsp3) is 0.235. The molecule has 0 unspecified atom stereocenters. The van der Waals surface area contributed by atoms with Gasteiger partial charge in [-0.15, -0.1) is 0 Å². The number of nitrogens with one attached hydrogen (secondary N) is 1. The van der Waals surface area contributed by atoms with Crippen LogP contribution < -0.4 is 14.8 Å². The highest BCUT2D eigenvalue weighted by molar-refractivity contribution is 6.30. The summed E-state index contributed by atoms with van der Waals surface area (Å²) in [5, 5.41) is 3.54. The SMILES string of the molecule is COc1ccc(OC)c([C@H](C)NC(=O)c2ccc(Cl)cc2)c1. The molecule has 0 heterocycles. The summed E-state index contributed by atoms with van der Waals surface area (Å²) < 4.78 is 10.6. The molecular weight excluding hydrogens is 302 g/mol. The fourth-order valence-corrected chi connectivity index (χ4v) is 2.26. The Morgan fingerprint density at radius 2 is 1.77 bits per heavy atom. The number of hydrogen-bond donors (Lipinski definition) is 1. The van der Waals surface area contributed by atoms with Crippen LogP contribution >= 0.6 is 11.6 Å². The van der Waals surface area contributed by atoms with E-state index in [9.17, 15) is 4.79 Å². The van der Waals surface area contributed by atoms with Crippen LogP contribution in [0.15, 0.2) is 42.5 Å². The Labute approximate surface area is 135 Å². The molecule has 0 aliphatic heterocycles. The minimum absolute atomic E-state index is 0.172. The van der Waals surface area contributed by atoms with Crippen LogP contribution in [-0.2, 0) is 0 Å². The molecule has 4 nitrogen and oxygen atoms in total. The summed E-state index contributed by atoms with van der Waals surface area (Å²) in [7, 11) is 3.20. The number of rotatable bonds is 5. The number of methoxy groups -OCH3 is 2. The molecule has 0 aromatic heterocycles. The van der Waals surface area contributed by atoms with Gasteiger partial charge in [-0.1, -0.05) is 11.6 Å². The van der Waals surface area contributed by atoms with Crippen molar-refractivity contribution < 1.29 is 14.3 Å². The summed E-state index contributed by atoms with van der Waals surface area (Å²) in [4.78, 5) is 12.3. The molecule has 0 fully saturated rings. The fourth-order valence-electron chi connectivity index (χ4n) is 2.14. The molecule has 0 saturated carbocycles. The van der Waals surface area contributed by atoms with Gasteiger partial charge in [0.15, 0.2) is 0 Å². The molecule has 1 amide bonds. The van der Waals surface area contributed by atoms with Gasteiger partial charge in [-0.25, -0.2) is 0 Å². The van der Waals surface area contributed by atoms with Crippen molar-refractivity contribution in [3.8, 4) is 11.5 Å². The van der Waals surface area contributed by atoms with Gasteiger partial charge in [-0.2, -0.15) is 0 Å². The van der Waals surface area contributed by atoms with Gasteiger partial charge in [0.05, 0.1) is 20.3 Å². The molecule has 2 rings (SSSR count). The first kappa shape index (κ1) is 16.2. The van der Waals surface area contributed by atoms with Crippen molar-refractivity contribution in [2.75, 3.05) is 14.2 Å². The predicted octanol–water partition coefficient (Wildman–Crippen LogP) is 3.85. The number of halogens is 1. The summed E-state index contributed by atoms with van der Waals surface area (Å²) in [6, 6.07) is 12.0. The third kappa shape index (κ3) is 3.71. The number of hydrogen-bond acceptors (Lipinski definition) is 3. The van der Waals surface area contributed by atoms with Crippen LogP contribution in [0.1, 0.15) is 28.9 Å². The molecule has 2 aromatic rings. The standard InChI is InChI=1S/C17H18ClNO3/c1-11(15-10-14(21-2)8-9-16(15)22-3)19-17(20)12-4-6-13(18)7-5-12/h4-11H,1-3H3,(H,19,20)/t11-/m0/s1. The van der Waals surface area contributed by atoms with Crippen molar-refractivity contribution in [3.63, 3.8) is 0 Å². The Morgan fingerprint density at radius 3 is 2.36 bits per heavy atom. The normalized spacial score (nSPS) is 11.6. The molecular formula is C17H18ClNO3. The average Bonchev–Trinajstić information content (AvgIpc) is 2.54. The molecule has 0 aliphatic rings. The van der Waals surface area contributed by atoms with Crippen LogP contribution in [-0.4, -0.2) is 20.1 Å². The minimum atomic E-state index is -0.228. The second-order valence-electron chi connectivity index (χ2n) is 4.81. The highest BCUT2D eigenvalue weighted by Crippen LogP contribution is 2.29. The average molecular weight is 320 g/mol. The van der Waals surface area contributed by atoms with Crippen molar-refractivity contribution in [2.45, 2.75) is 13.0 Å². The zero-order chi connectivity index (χ0) is 16.1. The Hall–Kier alpha value is -2.20. The van der Waals surface area contributed by atoms with E-state index in [1.807, 2.05) is 25.1 Å². The molecule has 116 valence electrons. The Bertz CT molecular complexity index is 655. The van der Waals surface area contributed by atoms with Gasteiger partial charge < -0.3 is 14.8 Å². The van der Waals surface area contributed by atoms with Crippen LogP contribution in [0.2, 0.25) is 5.02 Å². The Balaban J connectivity index is 2.19. The Morgan fingerprint density at radius 1 is 1.09 bits per heavy atom. The molecule has 0 aliphatic carbocycles. The minimum Gasteiger partial charge on any atom is -0.497 e. The molecule has 0 saturated heterocycles. The maximum absolute atomic E-state index is 12.3. The highest BCUT2D eigenvalue weighted by Gasteiger charge is 2.16. The van der Waals surface area contributed by atoms with Gasteiger partial charge in [0.25, 0.3) is 5.91 Å². The number of carbonyl (C=O) groups excluding carboxylic acids is 1. The number of benzene rings is 2. The van der Waals surface area contributed by atoms with Crippen LogP contribution in [0.4, 0.5) is 0 Å². The van der Waals surface area contributed by atoms with Crippen LogP contribution in [0, 0.1) is 0 Å². The van der Waals surface area contributed by atoms with Crippen LogP contribution in [0.5, 0.6) is 11.5 Å². The van der Waals surface area contributed by atoms with E-state index >= 15 is 0 Å². The lowest BCUT2D eigenvalue weighted by atomic mass is 10.1. The van der Waals surface area contributed by atoms with E-state index < -0.39 is 0 Å². The summed E-state index contributed by atoms with van der Waals surface area (Å²) in [6.07, 6.45) is 0. The lowest BCUT2D eigenvalue weighted by Crippen LogP contribution is -2.26. The second-order valence-corrected chi connectivity index (χ2v) is 5.25. The lowest BCUT2D eigenvalue weighted by molar-refractivity contribution is 0.0939. The first-order valence-electron chi connectivity index (χ1n) is 6.83. The topological polar surface area (TPSA) is 47.6 Å².